The maximum Gasteiger partial charge on any atom is 0.416 e. The molecule has 2 amide bonds. The maximum absolute atomic E-state index is 13.2. The predicted molar refractivity (Wildman–Crippen MR) is 143 cm³/mol. The Morgan fingerprint density at radius 3 is 2.33 bits per heavy atom. The molecular weight excluding hydrogens is 545 g/mol. The van der Waals surface area contributed by atoms with E-state index in [2.05, 4.69) is 19.2 Å². The van der Waals surface area contributed by atoms with Gasteiger partial charge in [-0.1, -0.05) is 44.2 Å². The highest BCUT2D eigenvalue weighted by Gasteiger charge is 2.32. The third-order valence-electron chi connectivity index (χ3n) is 5.97. The maximum atomic E-state index is 13.2. The van der Waals surface area contributed by atoms with Gasteiger partial charge in [0, 0.05) is 12.2 Å². The van der Waals surface area contributed by atoms with Crippen LogP contribution in [0.1, 0.15) is 42.2 Å². The molecule has 7 nitrogen and oxygen atoms in total. The van der Waals surface area contributed by atoms with Crippen molar-refractivity contribution in [1.82, 2.24) is 4.90 Å². The van der Waals surface area contributed by atoms with Gasteiger partial charge in [0.05, 0.1) is 18.4 Å². The van der Waals surface area contributed by atoms with Crippen LogP contribution in [0.3, 0.4) is 0 Å². The number of furan rings is 1. The Bertz CT molecular complexity index is 1550. The van der Waals surface area contributed by atoms with Crippen LogP contribution in [0.4, 0.5) is 23.7 Å². The van der Waals surface area contributed by atoms with Crippen molar-refractivity contribution < 1.29 is 35.0 Å². The summed E-state index contributed by atoms with van der Waals surface area (Å²) < 4.78 is 75.2. The summed E-state index contributed by atoms with van der Waals surface area (Å²) in [6, 6.07) is 19.8. The minimum absolute atomic E-state index is 0.0530. The van der Waals surface area contributed by atoms with Gasteiger partial charge in [-0.3, -0.25) is 0 Å². The minimum Gasteiger partial charge on any atom is -0.467 e. The number of halogens is 3. The van der Waals surface area contributed by atoms with Gasteiger partial charge in [0.25, 0.3) is 0 Å². The van der Waals surface area contributed by atoms with Crippen LogP contribution < -0.4 is 9.50 Å². The molecule has 210 valence electrons. The van der Waals surface area contributed by atoms with Crippen molar-refractivity contribution in [3.8, 4) is 5.75 Å². The molecule has 0 atom stereocenters. The topological polar surface area (TPSA) is 88.9 Å². The number of nitrogens with zero attached hydrogens (tertiary/aromatic N) is 1. The Morgan fingerprint density at radius 1 is 0.950 bits per heavy atom. The summed E-state index contributed by atoms with van der Waals surface area (Å²) in [6.07, 6.45) is -3.22. The van der Waals surface area contributed by atoms with Gasteiger partial charge < -0.3 is 18.8 Å². The lowest BCUT2D eigenvalue weighted by Crippen LogP contribution is -2.34. The summed E-state index contributed by atoms with van der Waals surface area (Å²) in [7, 11) is -4.56. The number of urea groups is 1. The highest BCUT2D eigenvalue weighted by molar-refractivity contribution is 7.87. The lowest BCUT2D eigenvalue weighted by molar-refractivity contribution is -0.137. The van der Waals surface area contributed by atoms with Crippen LogP contribution in [0.5, 0.6) is 5.75 Å². The molecule has 0 fully saturated rings. The number of benzene rings is 3. The van der Waals surface area contributed by atoms with Crippen LogP contribution in [0.25, 0.3) is 0 Å². The highest BCUT2D eigenvalue weighted by atomic mass is 32.2. The molecule has 0 aliphatic rings. The van der Waals surface area contributed by atoms with Gasteiger partial charge in [-0.05, 0) is 71.6 Å². The Balaban J connectivity index is 1.53. The molecule has 0 unspecified atom stereocenters. The standard InChI is InChI=1S/C29H27F3N2O5S/c1-20(2)22-11-13-24(14-12-22)33-28(35)34(19-26-9-5-15-38-26)18-21-6-3-8-25(16-21)39-40(36,37)27-10-4-7-23(17-27)29(30,31)32/h3-17,20H,18-19H2,1-2H3,(H,33,35). The summed E-state index contributed by atoms with van der Waals surface area (Å²) in [5.74, 6) is 0.759. The Labute approximate surface area is 230 Å². The van der Waals surface area contributed by atoms with Gasteiger partial charge in [0.1, 0.15) is 16.4 Å². The number of carbonyl (C=O) groups is 1. The second kappa shape index (κ2) is 11.9. The summed E-state index contributed by atoms with van der Waals surface area (Å²) in [5.41, 5.74) is 1.14. The monoisotopic (exact) mass is 572 g/mol. The first-order valence-electron chi connectivity index (χ1n) is 12.3. The van der Waals surface area contributed by atoms with Gasteiger partial charge >= 0.3 is 22.3 Å². The second-order valence-corrected chi connectivity index (χ2v) is 10.9. The molecule has 0 radical (unpaired) electrons. The molecule has 1 N–H and O–H groups in total. The smallest absolute Gasteiger partial charge is 0.416 e. The van der Waals surface area contributed by atoms with Crippen LogP contribution in [-0.4, -0.2) is 19.3 Å². The van der Waals surface area contributed by atoms with E-state index in [-0.39, 0.29) is 18.8 Å². The van der Waals surface area contributed by atoms with Crippen molar-refractivity contribution >= 4 is 21.8 Å². The molecular formula is C29H27F3N2O5S. The zero-order chi connectivity index (χ0) is 28.9. The molecule has 0 bridgehead atoms. The van der Waals surface area contributed by atoms with E-state index in [1.54, 1.807) is 18.2 Å². The van der Waals surface area contributed by atoms with E-state index in [4.69, 9.17) is 8.60 Å². The molecule has 0 saturated carbocycles. The largest absolute Gasteiger partial charge is 0.467 e. The summed E-state index contributed by atoms with van der Waals surface area (Å²) >= 11 is 0. The van der Waals surface area contributed by atoms with E-state index in [1.807, 2.05) is 24.3 Å². The number of anilines is 1. The van der Waals surface area contributed by atoms with Gasteiger partial charge in [-0.25, -0.2) is 4.79 Å². The van der Waals surface area contributed by atoms with Crippen molar-refractivity contribution in [1.29, 1.82) is 0 Å². The number of amides is 2. The normalized spacial score (nSPS) is 11.8. The van der Waals surface area contributed by atoms with E-state index in [1.165, 1.54) is 29.4 Å². The average Bonchev–Trinajstić information content (AvgIpc) is 3.41. The highest BCUT2D eigenvalue weighted by Crippen LogP contribution is 2.31. The van der Waals surface area contributed by atoms with Crippen molar-refractivity contribution in [3.63, 3.8) is 0 Å². The van der Waals surface area contributed by atoms with E-state index < -0.39 is 32.8 Å². The predicted octanol–water partition coefficient (Wildman–Crippen LogP) is 7.42. The SMILES string of the molecule is CC(C)c1ccc(NC(=O)N(Cc2cccc(OS(=O)(=O)c3cccc(C(F)(F)F)c3)c2)Cc2ccco2)cc1. The molecule has 4 aromatic rings. The first kappa shape index (κ1) is 28.8. The third-order valence-corrected chi connectivity index (χ3v) is 7.21. The molecule has 1 heterocycles. The van der Waals surface area contributed by atoms with Crippen molar-refractivity contribution in [2.24, 2.45) is 0 Å². The van der Waals surface area contributed by atoms with E-state index in [9.17, 15) is 26.4 Å². The molecule has 0 spiro atoms. The van der Waals surface area contributed by atoms with Crippen LogP contribution in [-0.2, 0) is 29.4 Å². The number of carbonyl (C=O) groups excluding carboxylic acids is 1. The Kier molecular flexibility index (Phi) is 8.53. The van der Waals surface area contributed by atoms with Gasteiger partial charge in [0.15, 0.2) is 0 Å². The molecule has 0 aliphatic carbocycles. The summed E-state index contributed by atoms with van der Waals surface area (Å²) in [6.45, 7) is 4.32. The van der Waals surface area contributed by atoms with Crippen molar-refractivity contribution in [2.75, 3.05) is 5.32 Å². The molecule has 0 saturated heterocycles. The fraction of sp³-hybridized carbons (Fsp3) is 0.207. The molecule has 11 heteroatoms. The van der Waals surface area contributed by atoms with Crippen molar-refractivity contribution in [3.05, 3.63) is 114 Å². The van der Waals surface area contributed by atoms with Crippen molar-refractivity contribution in [2.45, 2.75) is 43.9 Å². The Hall–Kier alpha value is -4.25. The molecule has 40 heavy (non-hydrogen) atoms. The number of rotatable bonds is 9. The third kappa shape index (κ3) is 7.44. The average molecular weight is 573 g/mol. The minimum atomic E-state index is -4.71. The second-order valence-electron chi connectivity index (χ2n) is 9.35. The molecule has 1 aromatic heterocycles. The number of alkyl halides is 3. The van der Waals surface area contributed by atoms with Gasteiger partial charge in [-0.2, -0.15) is 21.6 Å². The quantitative estimate of drug-likeness (QED) is 0.211. The van der Waals surface area contributed by atoms with Gasteiger partial charge in [-0.15, -0.1) is 0 Å². The fourth-order valence-electron chi connectivity index (χ4n) is 3.86. The number of hydrogen-bond acceptors (Lipinski definition) is 5. The fourth-order valence-corrected chi connectivity index (χ4v) is 4.83. The van der Waals surface area contributed by atoms with E-state index in [0.29, 0.717) is 29.0 Å². The van der Waals surface area contributed by atoms with Gasteiger partial charge in [0.2, 0.25) is 0 Å². The Morgan fingerprint density at radius 2 is 1.68 bits per heavy atom. The van der Waals surface area contributed by atoms with Crippen LogP contribution >= 0.6 is 0 Å². The first-order valence-corrected chi connectivity index (χ1v) is 13.7. The zero-order valence-corrected chi connectivity index (χ0v) is 22.5. The molecule has 4 rings (SSSR count). The zero-order valence-electron chi connectivity index (χ0n) is 21.7. The lowest BCUT2D eigenvalue weighted by Gasteiger charge is -2.23. The first-order chi connectivity index (χ1) is 18.9. The number of nitrogens with one attached hydrogen (secondary N) is 1. The summed E-state index contributed by atoms with van der Waals surface area (Å²) in [4.78, 5) is 14.1. The number of hydrogen-bond donors (Lipinski definition) is 1. The van der Waals surface area contributed by atoms with Crippen LogP contribution in [0.15, 0.2) is 101 Å². The summed E-state index contributed by atoms with van der Waals surface area (Å²) in [5, 5.41) is 2.86. The van der Waals surface area contributed by atoms with E-state index in [0.717, 1.165) is 23.8 Å². The lowest BCUT2D eigenvalue weighted by atomic mass is 10.0. The van der Waals surface area contributed by atoms with E-state index >= 15 is 0 Å². The van der Waals surface area contributed by atoms with Crippen LogP contribution in [0, 0.1) is 0 Å². The molecule has 3 aromatic carbocycles. The van der Waals surface area contributed by atoms with Crippen LogP contribution in [0.2, 0.25) is 0 Å². The molecule has 0 aliphatic heterocycles.